The fourth-order valence-electron chi connectivity index (χ4n) is 3.52. The van der Waals surface area contributed by atoms with Crippen molar-refractivity contribution in [2.24, 2.45) is 0 Å². The summed E-state index contributed by atoms with van der Waals surface area (Å²) in [6.07, 6.45) is 5.81. The van der Waals surface area contributed by atoms with E-state index in [1.54, 1.807) is 11.0 Å². The highest BCUT2D eigenvalue weighted by Gasteiger charge is 2.27. The minimum absolute atomic E-state index is 0.0186. The lowest BCUT2D eigenvalue weighted by molar-refractivity contribution is 0.192. The Labute approximate surface area is 148 Å². The number of piperidine rings is 1. The Bertz CT molecular complexity index is 716. The maximum Gasteiger partial charge on any atom is 0.345 e. The normalized spacial score (nSPS) is 19.0. The van der Waals surface area contributed by atoms with Crippen molar-refractivity contribution in [2.45, 2.75) is 45.3 Å². The van der Waals surface area contributed by atoms with Crippen molar-refractivity contribution < 1.29 is 0 Å². The standard InChI is InChI=1S/C17H29N7O/c1-4-23-16(20-24(17(23)25)9-8-21(2)3)14-6-5-7-22(11-14)12-15-10-18-13-19-15/h10,13-14H,4-9,11-12H2,1-3H3,(H,18,19)/t14-/m1/s1. The van der Waals surface area contributed by atoms with E-state index in [1.165, 1.54) is 0 Å². The highest BCUT2D eigenvalue weighted by Crippen LogP contribution is 2.25. The number of aromatic nitrogens is 5. The molecule has 8 nitrogen and oxygen atoms in total. The Balaban J connectivity index is 1.75. The van der Waals surface area contributed by atoms with Crippen molar-refractivity contribution in [1.82, 2.24) is 34.1 Å². The van der Waals surface area contributed by atoms with E-state index >= 15 is 0 Å². The van der Waals surface area contributed by atoms with Gasteiger partial charge in [0.15, 0.2) is 0 Å². The van der Waals surface area contributed by atoms with Gasteiger partial charge in [0.2, 0.25) is 0 Å². The third kappa shape index (κ3) is 4.19. The van der Waals surface area contributed by atoms with Gasteiger partial charge in [0, 0.05) is 44.0 Å². The zero-order chi connectivity index (χ0) is 17.8. The van der Waals surface area contributed by atoms with Crippen molar-refractivity contribution in [2.75, 3.05) is 33.7 Å². The van der Waals surface area contributed by atoms with E-state index in [2.05, 4.69) is 19.8 Å². The second-order valence-corrected chi connectivity index (χ2v) is 7.06. The first-order valence-electron chi connectivity index (χ1n) is 9.10. The molecule has 0 aliphatic carbocycles. The average molecular weight is 347 g/mol. The quantitative estimate of drug-likeness (QED) is 0.799. The van der Waals surface area contributed by atoms with Crippen molar-refractivity contribution in [1.29, 1.82) is 0 Å². The fourth-order valence-corrected chi connectivity index (χ4v) is 3.52. The van der Waals surface area contributed by atoms with Gasteiger partial charge in [-0.2, -0.15) is 5.10 Å². The van der Waals surface area contributed by atoms with Crippen molar-refractivity contribution in [3.8, 4) is 0 Å². The molecule has 0 unspecified atom stereocenters. The number of hydrogen-bond acceptors (Lipinski definition) is 5. The second kappa shape index (κ2) is 7.97. The molecule has 25 heavy (non-hydrogen) atoms. The number of nitrogens with one attached hydrogen (secondary N) is 1. The van der Waals surface area contributed by atoms with Crippen molar-refractivity contribution in [3.63, 3.8) is 0 Å². The number of nitrogens with zero attached hydrogens (tertiary/aromatic N) is 6. The van der Waals surface area contributed by atoms with Crippen molar-refractivity contribution in [3.05, 3.63) is 34.5 Å². The predicted octanol–water partition coefficient (Wildman–Crippen LogP) is 0.729. The topological polar surface area (TPSA) is 75.0 Å². The van der Waals surface area contributed by atoms with Gasteiger partial charge in [0.1, 0.15) is 5.82 Å². The Morgan fingerprint density at radius 2 is 2.24 bits per heavy atom. The first kappa shape index (κ1) is 17.9. The molecule has 1 aliphatic heterocycles. The summed E-state index contributed by atoms with van der Waals surface area (Å²) in [7, 11) is 4.02. The summed E-state index contributed by atoms with van der Waals surface area (Å²) in [5.41, 5.74) is 1.15. The Morgan fingerprint density at radius 1 is 1.40 bits per heavy atom. The number of aromatic amines is 1. The van der Waals surface area contributed by atoms with Crippen LogP contribution in [-0.4, -0.2) is 67.8 Å². The molecular formula is C17H29N7O. The number of likely N-dealkylation sites (tertiary alicyclic amines) is 1. The lowest BCUT2D eigenvalue weighted by Gasteiger charge is -2.31. The van der Waals surface area contributed by atoms with Crippen LogP contribution >= 0.6 is 0 Å². The Morgan fingerprint density at radius 3 is 2.92 bits per heavy atom. The lowest BCUT2D eigenvalue weighted by atomic mass is 9.97. The minimum atomic E-state index is 0.0186. The lowest BCUT2D eigenvalue weighted by Crippen LogP contribution is -2.35. The van der Waals surface area contributed by atoms with E-state index in [9.17, 15) is 4.79 Å². The van der Waals surface area contributed by atoms with E-state index in [0.29, 0.717) is 19.0 Å². The highest BCUT2D eigenvalue weighted by molar-refractivity contribution is 5.02. The maximum atomic E-state index is 12.6. The zero-order valence-electron chi connectivity index (χ0n) is 15.5. The van der Waals surface area contributed by atoms with Gasteiger partial charge in [-0.1, -0.05) is 0 Å². The van der Waals surface area contributed by atoms with Gasteiger partial charge >= 0.3 is 5.69 Å². The summed E-state index contributed by atoms with van der Waals surface area (Å²) in [5.74, 6) is 1.26. The first-order valence-corrected chi connectivity index (χ1v) is 9.10. The molecule has 0 saturated carbocycles. The fraction of sp³-hybridized carbons (Fsp3) is 0.706. The van der Waals surface area contributed by atoms with Crippen LogP contribution in [0, 0.1) is 0 Å². The smallest absolute Gasteiger partial charge is 0.345 e. The summed E-state index contributed by atoms with van der Waals surface area (Å²) in [4.78, 5) is 24.4. The molecule has 0 bridgehead atoms. The molecule has 138 valence electrons. The molecule has 3 heterocycles. The van der Waals surface area contributed by atoms with Crippen LogP contribution < -0.4 is 5.69 Å². The molecule has 1 saturated heterocycles. The van der Waals surface area contributed by atoms with Gasteiger partial charge in [-0.3, -0.25) is 9.47 Å². The molecule has 0 radical (unpaired) electrons. The van der Waals surface area contributed by atoms with Crippen LogP contribution in [0.2, 0.25) is 0 Å². The number of likely N-dealkylation sites (N-methyl/N-ethyl adjacent to an activating group) is 1. The number of hydrogen-bond donors (Lipinski definition) is 1. The predicted molar refractivity (Wildman–Crippen MR) is 96.6 cm³/mol. The molecule has 2 aromatic heterocycles. The van der Waals surface area contributed by atoms with Gasteiger partial charge < -0.3 is 9.88 Å². The largest absolute Gasteiger partial charge is 0.347 e. The molecule has 1 N–H and O–H groups in total. The molecule has 0 spiro atoms. The third-order valence-corrected chi connectivity index (χ3v) is 4.85. The minimum Gasteiger partial charge on any atom is -0.347 e. The number of H-pyrrole nitrogens is 1. The molecule has 1 fully saturated rings. The molecule has 3 rings (SSSR count). The van der Waals surface area contributed by atoms with E-state index < -0.39 is 0 Å². The van der Waals surface area contributed by atoms with Crippen molar-refractivity contribution >= 4 is 0 Å². The molecule has 1 aliphatic rings. The zero-order valence-corrected chi connectivity index (χ0v) is 15.5. The summed E-state index contributed by atoms with van der Waals surface area (Å²) in [5, 5.41) is 4.70. The van der Waals surface area contributed by atoms with Gasteiger partial charge in [-0.15, -0.1) is 0 Å². The summed E-state index contributed by atoms with van der Waals surface area (Å²) in [6, 6.07) is 0. The van der Waals surface area contributed by atoms with Gasteiger partial charge in [0.05, 0.1) is 12.9 Å². The molecule has 0 aromatic carbocycles. The van der Waals surface area contributed by atoms with Gasteiger partial charge in [-0.25, -0.2) is 14.5 Å². The van der Waals surface area contributed by atoms with Gasteiger partial charge in [0.25, 0.3) is 0 Å². The van der Waals surface area contributed by atoms with E-state index in [4.69, 9.17) is 5.10 Å². The van der Waals surface area contributed by atoms with Gasteiger partial charge in [-0.05, 0) is 40.4 Å². The third-order valence-electron chi connectivity index (χ3n) is 4.85. The number of imidazole rings is 1. The van der Waals surface area contributed by atoms with Crippen LogP contribution in [0.3, 0.4) is 0 Å². The number of rotatable bonds is 7. The van der Waals surface area contributed by atoms with E-state index in [-0.39, 0.29) is 5.69 Å². The highest BCUT2D eigenvalue weighted by atomic mass is 16.2. The van der Waals surface area contributed by atoms with Crippen LogP contribution in [-0.2, 0) is 19.6 Å². The molecular weight excluding hydrogens is 318 g/mol. The van der Waals surface area contributed by atoms with E-state index in [1.807, 2.05) is 31.8 Å². The van der Waals surface area contributed by atoms with Crippen LogP contribution in [0.1, 0.15) is 37.2 Å². The SMILES string of the molecule is CCn1c([C@@H]2CCCN(Cc3cnc[nH]3)C2)nn(CCN(C)C)c1=O. The van der Waals surface area contributed by atoms with Crippen LogP contribution in [0.5, 0.6) is 0 Å². The molecule has 2 aromatic rings. The molecule has 8 heteroatoms. The Kier molecular flexibility index (Phi) is 5.70. The first-order chi connectivity index (χ1) is 12.1. The van der Waals surface area contributed by atoms with Crippen LogP contribution in [0.4, 0.5) is 0 Å². The molecule has 0 amide bonds. The monoisotopic (exact) mass is 347 g/mol. The van der Waals surface area contributed by atoms with Crippen LogP contribution in [0.25, 0.3) is 0 Å². The summed E-state index contributed by atoms with van der Waals surface area (Å²) in [6.45, 7) is 7.03. The Hall–Kier alpha value is -1.93. The maximum absolute atomic E-state index is 12.6. The molecule has 1 atom stereocenters. The van der Waals surface area contributed by atoms with E-state index in [0.717, 1.165) is 50.5 Å². The van der Waals surface area contributed by atoms with Crippen LogP contribution in [0.15, 0.2) is 17.3 Å². The summed E-state index contributed by atoms with van der Waals surface area (Å²) >= 11 is 0. The summed E-state index contributed by atoms with van der Waals surface area (Å²) < 4.78 is 3.48. The average Bonchev–Trinajstić information content (AvgIpc) is 3.21. The second-order valence-electron chi connectivity index (χ2n) is 7.06.